The van der Waals surface area contributed by atoms with E-state index in [1.165, 1.54) is 0 Å². The molecule has 3 N–H and O–H groups in total. The fourth-order valence-corrected chi connectivity index (χ4v) is 4.34. The topological polar surface area (TPSA) is 83.5 Å². The van der Waals surface area contributed by atoms with Crippen molar-refractivity contribution in [2.24, 2.45) is 0 Å². The molecular formula is C24H20F3N3O3S. The molecule has 1 atom stereocenters. The lowest BCUT2D eigenvalue weighted by Crippen LogP contribution is -2.45. The van der Waals surface area contributed by atoms with Crippen LogP contribution in [-0.2, 0) is 10.4 Å². The van der Waals surface area contributed by atoms with Gasteiger partial charge in [0.25, 0.3) is 0 Å². The number of nitrogens with zero attached hydrogens (tertiary/aromatic N) is 1. The predicted octanol–water partition coefficient (Wildman–Crippen LogP) is 5.83. The van der Waals surface area contributed by atoms with E-state index in [9.17, 15) is 23.1 Å². The van der Waals surface area contributed by atoms with E-state index in [1.807, 2.05) is 12.1 Å². The van der Waals surface area contributed by atoms with Crippen LogP contribution in [0.2, 0.25) is 0 Å². The van der Waals surface area contributed by atoms with E-state index in [0.29, 0.717) is 38.7 Å². The molecule has 3 aromatic carbocycles. The molecule has 176 valence electrons. The highest BCUT2D eigenvalue weighted by atomic mass is 32.1. The number of benzene rings is 3. The Morgan fingerprint density at radius 3 is 2.15 bits per heavy atom. The number of thiazole rings is 1. The Balaban J connectivity index is 1.46. The first-order chi connectivity index (χ1) is 16.2. The lowest BCUT2D eigenvalue weighted by Gasteiger charge is -2.27. The molecule has 10 heteroatoms. The van der Waals surface area contributed by atoms with Crippen LogP contribution in [0.3, 0.4) is 0 Å². The van der Waals surface area contributed by atoms with Crippen molar-refractivity contribution in [1.82, 2.24) is 4.98 Å². The summed E-state index contributed by atoms with van der Waals surface area (Å²) in [6, 6.07) is 20.1. The summed E-state index contributed by atoms with van der Waals surface area (Å²) in [4.78, 5) is 16.4. The molecule has 1 aromatic heterocycles. The molecule has 6 nitrogen and oxygen atoms in total. The van der Waals surface area contributed by atoms with Gasteiger partial charge in [-0.15, -0.1) is 11.3 Å². The van der Waals surface area contributed by atoms with E-state index in [2.05, 4.69) is 15.6 Å². The van der Waals surface area contributed by atoms with Crippen molar-refractivity contribution < 1.29 is 27.8 Å². The second kappa shape index (κ2) is 9.32. The van der Waals surface area contributed by atoms with Crippen LogP contribution in [0, 0.1) is 0 Å². The molecule has 1 heterocycles. The number of rotatable bonds is 7. The first-order valence-corrected chi connectivity index (χ1v) is 11.0. The molecule has 0 saturated carbocycles. The maximum absolute atomic E-state index is 13.8. The van der Waals surface area contributed by atoms with Crippen LogP contribution in [-0.4, -0.2) is 29.3 Å². The number of fused-ring (bicyclic) bond motifs is 1. The third kappa shape index (κ3) is 4.97. The predicted molar refractivity (Wildman–Crippen MR) is 126 cm³/mol. The van der Waals surface area contributed by atoms with Crippen LogP contribution < -0.4 is 15.4 Å². The molecule has 0 bridgehead atoms. The summed E-state index contributed by atoms with van der Waals surface area (Å²) < 4.78 is 47.1. The number of aromatic nitrogens is 1. The Bertz CT molecular complexity index is 1260. The molecule has 0 fully saturated rings. The molecule has 1 amide bonds. The molecule has 4 rings (SSSR count). The van der Waals surface area contributed by atoms with Gasteiger partial charge in [0.15, 0.2) is 0 Å². The molecule has 0 radical (unpaired) electrons. The van der Waals surface area contributed by atoms with Crippen molar-refractivity contribution in [3.63, 3.8) is 0 Å². The smallest absolute Gasteiger partial charge is 0.424 e. The van der Waals surface area contributed by atoms with Gasteiger partial charge in [-0.05, 0) is 60.7 Å². The highest BCUT2D eigenvalue weighted by Crippen LogP contribution is 2.44. The van der Waals surface area contributed by atoms with Crippen LogP contribution in [0.5, 0.6) is 5.75 Å². The van der Waals surface area contributed by atoms with Gasteiger partial charge in [-0.1, -0.05) is 12.1 Å². The molecular weight excluding hydrogens is 467 g/mol. The Morgan fingerprint density at radius 1 is 0.971 bits per heavy atom. The summed E-state index contributed by atoms with van der Waals surface area (Å²) in [5.74, 6) is -0.275. The van der Waals surface area contributed by atoms with E-state index in [0.717, 1.165) is 5.69 Å². The van der Waals surface area contributed by atoms with E-state index < -0.39 is 29.1 Å². The molecule has 0 saturated heterocycles. The molecule has 1 unspecified atom stereocenters. The van der Waals surface area contributed by atoms with Gasteiger partial charge in [-0.25, -0.2) is 4.98 Å². The van der Waals surface area contributed by atoms with E-state index in [1.54, 1.807) is 67.8 Å². The van der Waals surface area contributed by atoms with Gasteiger partial charge < -0.3 is 20.5 Å². The number of ether oxygens (including phenoxy) is 1. The number of nitrogens with one attached hydrogen (secondary N) is 2. The van der Waals surface area contributed by atoms with Gasteiger partial charge in [0.2, 0.25) is 11.5 Å². The number of alkyl halides is 3. The number of methoxy groups -OCH3 is 1. The lowest BCUT2D eigenvalue weighted by molar-refractivity contribution is -0.266. The Hall–Kier alpha value is -3.63. The van der Waals surface area contributed by atoms with Crippen molar-refractivity contribution in [1.29, 1.82) is 0 Å². The number of halogens is 3. The van der Waals surface area contributed by atoms with Crippen molar-refractivity contribution in [3.8, 4) is 5.75 Å². The number of hydrogen-bond acceptors (Lipinski definition) is 6. The van der Waals surface area contributed by atoms with E-state index >= 15 is 0 Å². The maximum Gasteiger partial charge on any atom is 0.424 e. The molecule has 0 spiro atoms. The number of carbonyl (C=O) groups excluding carboxylic acids is 1. The summed E-state index contributed by atoms with van der Waals surface area (Å²) in [5, 5.41) is 15.6. The van der Waals surface area contributed by atoms with E-state index in [4.69, 9.17) is 4.74 Å². The molecule has 0 aliphatic rings. The van der Waals surface area contributed by atoms with Crippen molar-refractivity contribution >= 4 is 44.5 Å². The van der Waals surface area contributed by atoms with Crippen LogP contribution in [0.1, 0.15) is 11.4 Å². The second-order valence-corrected chi connectivity index (χ2v) is 8.53. The molecule has 34 heavy (non-hydrogen) atoms. The van der Waals surface area contributed by atoms with Crippen molar-refractivity contribution in [2.75, 3.05) is 17.7 Å². The Labute approximate surface area is 197 Å². The monoisotopic (exact) mass is 487 g/mol. The van der Waals surface area contributed by atoms with E-state index in [-0.39, 0.29) is 0 Å². The van der Waals surface area contributed by atoms with Crippen LogP contribution in [0.25, 0.3) is 10.2 Å². The molecule has 4 aromatic rings. The van der Waals surface area contributed by atoms with Gasteiger partial charge >= 0.3 is 6.18 Å². The van der Waals surface area contributed by atoms with Crippen molar-refractivity contribution in [2.45, 2.75) is 18.2 Å². The number of para-hydroxylation sites is 1. The minimum atomic E-state index is -5.09. The normalized spacial score (nSPS) is 13.3. The quantitative estimate of drug-likeness (QED) is 0.306. The fraction of sp³-hybridized carbons (Fsp3) is 0.167. The first-order valence-electron chi connectivity index (χ1n) is 10.1. The summed E-state index contributed by atoms with van der Waals surface area (Å²) >= 11 is 0.707. The number of aliphatic hydroxyl groups is 1. The minimum absolute atomic E-state index is 0.291. The Kier molecular flexibility index (Phi) is 6.45. The average molecular weight is 488 g/mol. The average Bonchev–Trinajstić information content (AvgIpc) is 3.25. The summed E-state index contributed by atoms with van der Waals surface area (Å²) in [7, 11) is 1.57. The number of anilines is 3. The fourth-order valence-electron chi connectivity index (χ4n) is 3.26. The van der Waals surface area contributed by atoms with Gasteiger partial charge in [-0.3, -0.25) is 4.79 Å². The van der Waals surface area contributed by atoms with Crippen LogP contribution in [0.4, 0.5) is 30.2 Å². The number of hydrogen-bond donors (Lipinski definition) is 3. The summed E-state index contributed by atoms with van der Waals surface area (Å²) in [6.45, 7) is 0. The Morgan fingerprint density at radius 2 is 1.56 bits per heavy atom. The van der Waals surface area contributed by atoms with Crippen LogP contribution >= 0.6 is 11.3 Å². The zero-order valence-corrected chi connectivity index (χ0v) is 18.7. The zero-order chi connectivity index (χ0) is 24.3. The van der Waals surface area contributed by atoms with Gasteiger partial charge in [0, 0.05) is 17.1 Å². The minimum Gasteiger partial charge on any atom is -0.497 e. The van der Waals surface area contributed by atoms with Gasteiger partial charge in [0.05, 0.1) is 23.7 Å². The largest absolute Gasteiger partial charge is 0.497 e. The van der Waals surface area contributed by atoms with Crippen molar-refractivity contribution in [3.05, 3.63) is 77.8 Å². The highest BCUT2D eigenvalue weighted by Gasteiger charge is 2.58. The van der Waals surface area contributed by atoms with Gasteiger partial charge in [-0.2, -0.15) is 13.2 Å². The maximum atomic E-state index is 13.8. The first kappa shape index (κ1) is 23.5. The van der Waals surface area contributed by atoms with Crippen LogP contribution in [0.15, 0.2) is 72.8 Å². The SMILES string of the molecule is COc1ccc(Nc2ccc(NC(=O)CC(O)(c3nc4ccccc4s3)C(F)(F)F)cc2)cc1. The highest BCUT2D eigenvalue weighted by molar-refractivity contribution is 7.18. The second-order valence-electron chi connectivity index (χ2n) is 7.50. The lowest BCUT2D eigenvalue weighted by atomic mass is 9.99. The number of carbonyl (C=O) groups is 1. The van der Waals surface area contributed by atoms with Gasteiger partial charge in [0.1, 0.15) is 10.8 Å². The summed E-state index contributed by atoms with van der Waals surface area (Å²) in [6.07, 6.45) is -6.31. The molecule has 0 aliphatic carbocycles. The number of amides is 1. The standard InChI is InChI=1S/C24H20F3N3O3S/c1-33-18-12-10-16(11-13-18)28-15-6-8-17(9-7-15)29-21(31)14-23(32,24(25,26)27)22-30-19-4-2-3-5-20(19)34-22/h2-13,28,32H,14H2,1H3,(H,29,31). The zero-order valence-electron chi connectivity index (χ0n) is 17.9. The summed E-state index contributed by atoms with van der Waals surface area (Å²) in [5.41, 5.74) is -1.27. The molecule has 0 aliphatic heterocycles. The third-order valence-electron chi connectivity index (χ3n) is 5.08. The third-order valence-corrected chi connectivity index (χ3v) is 6.27.